The first-order chi connectivity index (χ1) is 15.5. The number of nitrogens with one attached hydrogen (secondary N) is 1. The first-order valence-electron chi connectivity index (χ1n) is 9.69. The average Bonchev–Trinajstić information content (AvgIpc) is 2.81. The zero-order chi connectivity index (χ0) is 22.9. The number of carbonyl (C=O) groups excluding carboxylic acids is 1. The van der Waals surface area contributed by atoms with E-state index in [1.807, 2.05) is 36.4 Å². The quantitative estimate of drug-likeness (QED) is 0.336. The maximum atomic E-state index is 12.5. The van der Waals surface area contributed by atoms with E-state index in [2.05, 4.69) is 5.32 Å². The fourth-order valence-electron chi connectivity index (χ4n) is 2.85. The Kier molecular flexibility index (Phi) is 8.15. The lowest BCUT2D eigenvalue weighted by atomic mass is 10.1. The van der Waals surface area contributed by atoms with Gasteiger partial charge in [0.05, 0.1) is 7.11 Å². The summed E-state index contributed by atoms with van der Waals surface area (Å²) in [6, 6.07) is 21.6. The van der Waals surface area contributed by atoms with Crippen LogP contribution in [-0.2, 0) is 17.9 Å². The van der Waals surface area contributed by atoms with Gasteiger partial charge in [-0.05, 0) is 42.0 Å². The van der Waals surface area contributed by atoms with Crippen molar-refractivity contribution in [3.05, 3.63) is 99.0 Å². The molecule has 0 spiro atoms. The Balaban J connectivity index is 1.70. The third-order valence-electron chi connectivity index (χ3n) is 4.59. The van der Waals surface area contributed by atoms with E-state index >= 15 is 0 Å². The summed E-state index contributed by atoms with van der Waals surface area (Å²) >= 11 is 12.1. The highest BCUT2D eigenvalue weighted by Crippen LogP contribution is 2.25. The molecule has 0 atom stereocenters. The van der Waals surface area contributed by atoms with Crippen molar-refractivity contribution in [2.24, 2.45) is 0 Å². The molecule has 0 fully saturated rings. The van der Waals surface area contributed by atoms with E-state index in [1.165, 1.54) is 6.08 Å². The van der Waals surface area contributed by atoms with Crippen LogP contribution in [0.4, 0.5) is 0 Å². The summed E-state index contributed by atoms with van der Waals surface area (Å²) in [7, 11) is 1.59. The normalized spacial score (nSPS) is 10.9. The zero-order valence-corrected chi connectivity index (χ0v) is 18.8. The Morgan fingerprint density at radius 2 is 1.84 bits per heavy atom. The topological polar surface area (TPSA) is 71.3 Å². The highest BCUT2D eigenvalue weighted by Gasteiger charge is 2.11. The summed E-state index contributed by atoms with van der Waals surface area (Å²) in [5, 5.41) is 13.3. The molecular weight excluding hydrogens is 447 g/mol. The van der Waals surface area contributed by atoms with Crippen molar-refractivity contribution < 1.29 is 14.3 Å². The van der Waals surface area contributed by atoms with Gasteiger partial charge in [-0.3, -0.25) is 4.79 Å². The second-order valence-electron chi connectivity index (χ2n) is 6.76. The Labute approximate surface area is 196 Å². The van der Waals surface area contributed by atoms with Gasteiger partial charge >= 0.3 is 0 Å². The molecule has 7 heteroatoms. The van der Waals surface area contributed by atoms with Crippen molar-refractivity contribution >= 4 is 35.2 Å². The first-order valence-corrected chi connectivity index (χ1v) is 10.4. The fourth-order valence-corrected chi connectivity index (χ4v) is 3.31. The Morgan fingerprint density at radius 3 is 2.53 bits per heavy atom. The minimum atomic E-state index is -0.473. The molecule has 0 bridgehead atoms. The predicted octanol–water partition coefficient (Wildman–Crippen LogP) is 5.80. The maximum absolute atomic E-state index is 12.5. The van der Waals surface area contributed by atoms with Crippen LogP contribution in [0.3, 0.4) is 0 Å². The fraction of sp³-hybridized carbons (Fsp3) is 0.120. The van der Waals surface area contributed by atoms with Crippen molar-refractivity contribution in [1.29, 1.82) is 5.26 Å². The van der Waals surface area contributed by atoms with Gasteiger partial charge in [0, 0.05) is 27.7 Å². The molecule has 3 aromatic rings. The van der Waals surface area contributed by atoms with E-state index < -0.39 is 5.91 Å². The minimum Gasteiger partial charge on any atom is -0.497 e. The number of carbonyl (C=O) groups is 1. The van der Waals surface area contributed by atoms with E-state index in [1.54, 1.807) is 43.5 Å². The van der Waals surface area contributed by atoms with Crippen LogP contribution in [0.15, 0.2) is 72.3 Å². The molecule has 162 valence electrons. The highest BCUT2D eigenvalue weighted by atomic mass is 35.5. The summed E-state index contributed by atoms with van der Waals surface area (Å²) in [6.07, 6.45) is 1.50. The van der Waals surface area contributed by atoms with Crippen LogP contribution in [0.2, 0.25) is 10.0 Å². The van der Waals surface area contributed by atoms with E-state index in [0.717, 1.165) is 16.9 Å². The number of nitrogens with zero attached hydrogens (tertiary/aromatic N) is 1. The Hall–Kier alpha value is -3.46. The van der Waals surface area contributed by atoms with Crippen molar-refractivity contribution in [3.63, 3.8) is 0 Å². The molecule has 0 heterocycles. The molecule has 0 aliphatic heterocycles. The molecule has 1 amide bonds. The van der Waals surface area contributed by atoms with E-state index in [-0.39, 0.29) is 18.7 Å². The molecular formula is C25H20Cl2N2O3. The minimum absolute atomic E-state index is 0.0286. The Morgan fingerprint density at radius 1 is 1.09 bits per heavy atom. The van der Waals surface area contributed by atoms with Crippen LogP contribution < -0.4 is 14.8 Å². The van der Waals surface area contributed by atoms with Crippen LogP contribution in [-0.4, -0.2) is 13.0 Å². The number of nitriles is 1. The lowest BCUT2D eigenvalue weighted by molar-refractivity contribution is -0.117. The summed E-state index contributed by atoms with van der Waals surface area (Å²) < 4.78 is 11.0. The van der Waals surface area contributed by atoms with Gasteiger partial charge in [-0.15, -0.1) is 0 Å². The van der Waals surface area contributed by atoms with E-state index in [9.17, 15) is 10.1 Å². The highest BCUT2D eigenvalue weighted by molar-refractivity contribution is 6.35. The molecule has 3 aromatic carbocycles. The monoisotopic (exact) mass is 466 g/mol. The number of benzene rings is 3. The molecule has 0 unspecified atom stereocenters. The van der Waals surface area contributed by atoms with E-state index in [0.29, 0.717) is 21.4 Å². The lowest BCUT2D eigenvalue weighted by Gasteiger charge is -2.11. The number of halogens is 2. The van der Waals surface area contributed by atoms with Crippen molar-refractivity contribution in [3.8, 4) is 17.6 Å². The molecule has 0 aliphatic carbocycles. The number of hydrogen-bond donors (Lipinski definition) is 1. The molecule has 0 aliphatic rings. The number of hydrogen-bond acceptors (Lipinski definition) is 4. The zero-order valence-electron chi connectivity index (χ0n) is 17.3. The third-order valence-corrected chi connectivity index (χ3v) is 5.18. The second kappa shape index (κ2) is 11.2. The molecule has 5 nitrogen and oxygen atoms in total. The molecule has 32 heavy (non-hydrogen) atoms. The number of ether oxygens (including phenoxy) is 2. The molecule has 0 aromatic heterocycles. The second-order valence-corrected chi connectivity index (χ2v) is 7.61. The summed E-state index contributed by atoms with van der Waals surface area (Å²) in [5.74, 6) is 0.780. The number of methoxy groups -OCH3 is 1. The van der Waals surface area contributed by atoms with Crippen molar-refractivity contribution in [1.82, 2.24) is 5.32 Å². The molecule has 0 saturated carbocycles. The van der Waals surface area contributed by atoms with Crippen LogP contribution in [0.1, 0.15) is 16.7 Å². The van der Waals surface area contributed by atoms with Gasteiger partial charge in [0.15, 0.2) is 0 Å². The third kappa shape index (κ3) is 6.27. The summed E-state index contributed by atoms with van der Waals surface area (Å²) in [5.41, 5.74) is 2.24. The smallest absolute Gasteiger partial charge is 0.262 e. The molecule has 0 radical (unpaired) electrons. The molecule has 0 saturated heterocycles. The standard InChI is InChI=1S/C25H20Cl2N2O3/c1-31-22-10-6-17(7-11-22)15-29-25(30)20(14-28)12-18-4-2-3-5-24(18)32-16-19-8-9-21(26)13-23(19)27/h2-13H,15-16H2,1H3,(H,29,30)/b20-12-. The number of amides is 1. The Bertz CT molecular complexity index is 1170. The number of rotatable bonds is 8. The maximum Gasteiger partial charge on any atom is 0.262 e. The van der Waals surface area contributed by atoms with Crippen molar-refractivity contribution in [2.45, 2.75) is 13.2 Å². The van der Waals surface area contributed by atoms with Gasteiger partial charge in [-0.25, -0.2) is 0 Å². The molecule has 1 N–H and O–H groups in total. The molecule has 3 rings (SSSR count). The van der Waals surface area contributed by atoms with Gasteiger partial charge in [0.25, 0.3) is 5.91 Å². The van der Waals surface area contributed by atoms with Gasteiger partial charge in [-0.1, -0.05) is 59.6 Å². The van der Waals surface area contributed by atoms with Crippen molar-refractivity contribution in [2.75, 3.05) is 7.11 Å². The predicted molar refractivity (Wildman–Crippen MR) is 126 cm³/mol. The lowest BCUT2D eigenvalue weighted by Crippen LogP contribution is -2.23. The van der Waals surface area contributed by atoms with Gasteiger partial charge in [0.1, 0.15) is 29.7 Å². The van der Waals surface area contributed by atoms with E-state index in [4.69, 9.17) is 32.7 Å². The average molecular weight is 467 g/mol. The number of para-hydroxylation sites is 1. The van der Waals surface area contributed by atoms with Gasteiger partial charge < -0.3 is 14.8 Å². The largest absolute Gasteiger partial charge is 0.497 e. The van der Waals surface area contributed by atoms with Gasteiger partial charge in [-0.2, -0.15) is 5.26 Å². The van der Waals surface area contributed by atoms with Crippen LogP contribution in [0.25, 0.3) is 6.08 Å². The summed E-state index contributed by atoms with van der Waals surface area (Å²) in [6.45, 7) is 0.501. The van der Waals surface area contributed by atoms with Crippen LogP contribution in [0.5, 0.6) is 11.5 Å². The van der Waals surface area contributed by atoms with Crippen LogP contribution in [0, 0.1) is 11.3 Å². The SMILES string of the molecule is COc1ccc(CNC(=O)/C(C#N)=C\c2ccccc2OCc2ccc(Cl)cc2Cl)cc1. The van der Waals surface area contributed by atoms with Gasteiger partial charge in [0.2, 0.25) is 0 Å². The van der Waals surface area contributed by atoms with Crippen LogP contribution >= 0.6 is 23.2 Å². The summed E-state index contributed by atoms with van der Waals surface area (Å²) in [4.78, 5) is 12.5. The first kappa shape index (κ1) is 23.2.